The number of nitrogens with one attached hydrogen (secondary N) is 1. The second-order valence-corrected chi connectivity index (χ2v) is 6.69. The molecule has 0 aliphatic carbocycles. The van der Waals surface area contributed by atoms with Gasteiger partial charge in [-0.3, -0.25) is 4.72 Å². The third-order valence-corrected chi connectivity index (χ3v) is 5.16. The summed E-state index contributed by atoms with van der Waals surface area (Å²) in [6.07, 6.45) is 2.60. The molecule has 0 spiro atoms. The zero-order chi connectivity index (χ0) is 14.8. The van der Waals surface area contributed by atoms with Crippen LogP contribution in [0.2, 0.25) is 0 Å². The lowest BCUT2D eigenvalue weighted by molar-refractivity contribution is 0.259. The summed E-state index contributed by atoms with van der Waals surface area (Å²) in [4.78, 5) is 0. The minimum atomic E-state index is -3.65. The van der Waals surface area contributed by atoms with Gasteiger partial charge in [0.1, 0.15) is 5.82 Å². The highest BCUT2D eigenvalue weighted by Crippen LogP contribution is 2.23. The van der Waals surface area contributed by atoms with E-state index in [1.54, 1.807) is 6.92 Å². The number of hydrogen-bond acceptors (Lipinski definition) is 3. The highest BCUT2D eigenvalue weighted by Gasteiger charge is 2.31. The number of rotatable bonds is 4. The van der Waals surface area contributed by atoms with Gasteiger partial charge in [0.2, 0.25) is 0 Å². The van der Waals surface area contributed by atoms with E-state index >= 15 is 0 Å². The summed E-state index contributed by atoms with van der Waals surface area (Å²) in [6, 6.07) is 3.81. The predicted octanol–water partition coefficient (Wildman–Crippen LogP) is 1.60. The molecule has 112 valence electrons. The molecule has 1 aromatic carbocycles. The quantitative estimate of drug-likeness (QED) is 0.887. The number of nitrogens with zero attached hydrogens (tertiary/aromatic N) is 1. The van der Waals surface area contributed by atoms with E-state index in [1.807, 2.05) is 0 Å². The molecule has 1 aromatic rings. The van der Waals surface area contributed by atoms with Gasteiger partial charge < -0.3 is 5.73 Å². The van der Waals surface area contributed by atoms with Crippen molar-refractivity contribution in [1.29, 1.82) is 0 Å². The Morgan fingerprint density at radius 1 is 1.45 bits per heavy atom. The first-order valence-electron chi connectivity index (χ1n) is 6.70. The van der Waals surface area contributed by atoms with E-state index in [9.17, 15) is 12.8 Å². The second-order valence-electron chi connectivity index (χ2n) is 5.06. The summed E-state index contributed by atoms with van der Waals surface area (Å²) in [6.45, 7) is 2.44. The van der Waals surface area contributed by atoms with Crippen molar-refractivity contribution in [2.45, 2.75) is 32.2 Å². The molecule has 1 atom stereocenters. The van der Waals surface area contributed by atoms with Crippen molar-refractivity contribution in [2.75, 3.05) is 17.8 Å². The Kier molecular flexibility index (Phi) is 4.62. The minimum absolute atomic E-state index is 0.165. The van der Waals surface area contributed by atoms with Gasteiger partial charge in [-0.1, -0.05) is 6.42 Å². The van der Waals surface area contributed by atoms with E-state index in [0.717, 1.165) is 19.3 Å². The fourth-order valence-corrected chi connectivity index (χ4v) is 4.04. The maximum atomic E-state index is 13.0. The van der Waals surface area contributed by atoms with Gasteiger partial charge in [0.05, 0.1) is 5.69 Å². The summed E-state index contributed by atoms with van der Waals surface area (Å²) in [5, 5.41) is 0. The zero-order valence-corrected chi connectivity index (χ0v) is 12.3. The van der Waals surface area contributed by atoms with Crippen LogP contribution in [0.3, 0.4) is 0 Å². The number of benzene rings is 1. The van der Waals surface area contributed by atoms with Crippen LogP contribution in [0.25, 0.3) is 0 Å². The number of nitrogens with two attached hydrogens (primary N) is 1. The topological polar surface area (TPSA) is 75.4 Å². The standard InChI is InChI=1S/C13H20FN3O2S/c1-10-8-11(14)5-6-13(10)16-20(18,19)17-7-3-2-4-12(17)9-15/h5-6,8,12,16H,2-4,7,9,15H2,1H3. The molecule has 1 saturated heterocycles. The molecular weight excluding hydrogens is 281 g/mol. The molecule has 1 aliphatic rings. The molecule has 5 nitrogen and oxygen atoms in total. The molecule has 3 N–H and O–H groups in total. The fraction of sp³-hybridized carbons (Fsp3) is 0.538. The molecule has 1 unspecified atom stereocenters. The van der Waals surface area contributed by atoms with Crippen LogP contribution in [-0.4, -0.2) is 31.9 Å². The van der Waals surface area contributed by atoms with Gasteiger partial charge in [-0.05, 0) is 43.5 Å². The number of aryl methyl sites for hydroxylation is 1. The van der Waals surface area contributed by atoms with E-state index in [1.165, 1.54) is 22.5 Å². The van der Waals surface area contributed by atoms with Crippen molar-refractivity contribution in [3.63, 3.8) is 0 Å². The first-order valence-corrected chi connectivity index (χ1v) is 8.14. The predicted molar refractivity (Wildman–Crippen MR) is 77.1 cm³/mol. The van der Waals surface area contributed by atoms with E-state index < -0.39 is 10.2 Å². The van der Waals surface area contributed by atoms with Crippen molar-refractivity contribution in [3.05, 3.63) is 29.6 Å². The monoisotopic (exact) mass is 301 g/mol. The highest BCUT2D eigenvalue weighted by molar-refractivity contribution is 7.90. The lowest BCUT2D eigenvalue weighted by Gasteiger charge is -2.34. The molecule has 0 saturated carbocycles. The van der Waals surface area contributed by atoms with Gasteiger partial charge in [-0.2, -0.15) is 12.7 Å². The number of piperidine rings is 1. The van der Waals surface area contributed by atoms with Crippen LogP contribution < -0.4 is 10.5 Å². The summed E-state index contributed by atoms with van der Waals surface area (Å²) >= 11 is 0. The molecule has 7 heteroatoms. The van der Waals surface area contributed by atoms with Gasteiger partial charge in [0.15, 0.2) is 0 Å². The Bertz CT molecular complexity index is 577. The number of anilines is 1. The number of halogens is 1. The Labute approximate surface area is 119 Å². The molecule has 20 heavy (non-hydrogen) atoms. The van der Waals surface area contributed by atoms with Gasteiger partial charge in [-0.15, -0.1) is 0 Å². The van der Waals surface area contributed by atoms with Crippen LogP contribution in [0.1, 0.15) is 24.8 Å². The third kappa shape index (κ3) is 3.28. The van der Waals surface area contributed by atoms with Crippen molar-refractivity contribution < 1.29 is 12.8 Å². The fourth-order valence-electron chi connectivity index (χ4n) is 2.47. The number of hydrogen-bond donors (Lipinski definition) is 2. The van der Waals surface area contributed by atoms with Crippen molar-refractivity contribution in [3.8, 4) is 0 Å². The molecule has 0 aromatic heterocycles. The smallest absolute Gasteiger partial charge is 0.301 e. The van der Waals surface area contributed by atoms with E-state index in [2.05, 4.69) is 4.72 Å². The molecule has 0 bridgehead atoms. The normalized spacial score (nSPS) is 20.9. The molecule has 1 aliphatic heterocycles. The minimum Gasteiger partial charge on any atom is -0.329 e. The average Bonchev–Trinajstić information content (AvgIpc) is 2.42. The Morgan fingerprint density at radius 2 is 2.20 bits per heavy atom. The van der Waals surface area contributed by atoms with Crippen LogP contribution in [0.5, 0.6) is 0 Å². The van der Waals surface area contributed by atoms with Gasteiger partial charge >= 0.3 is 10.2 Å². The van der Waals surface area contributed by atoms with E-state index in [0.29, 0.717) is 24.3 Å². The van der Waals surface area contributed by atoms with Crippen molar-refractivity contribution in [2.24, 2.45) is 5.73 Å². The lowest BCUT2D eigenvalue weighted by Crippen LogP contribution is -2.49. The third-order valence-electron chi connectivity index (χ3n) is 3.58. The second kappa shape index (κ2) is 6.07. The zero-order valence-electron chi connectivity index (χ0n) is 11.5. The molecule has 0 amide bonds. The molecular formula is C13H20FN3O2S. The van der Waals surface area contributed by atoms with Crippen molar-refractivity contribution >= 4 is 15.9 Å². The largest absolute Gasteiger partial charge is 0.329 e. The van der Waals surface area contributed by atoms with E-state index in [4.69, 9.17) is 5.73 Å². The van der Waals surface area contributed by atoms with Crippen LogP contribution in [0.15, 0.2) is 18.2 Å². The first kappa shape index (κ1) is 15.2. The molecule has 1 heterocycles. The van der Waals surface area contributed by atoms with Gasteiger partial charge in [0, 0.05) is 19.1 Å². The van der Waals surface area contributed by atoms with Crippen LogP contribution in [-0.2, 0) is 10.2 Å². The molecule has 1 fully saturated rings. The summed E-state index contributed by atoms with van der Waals surface area (Å²) in [7, 11) is -3.65. The van der Waals surface area contributed by atoms with Gasteiger partial charge in [-0.25, -0.2) is 4.39 Å². The summed E-state index contributed by atoms with van der Waals surface area (Å²) in [5.41, 5.74) is 6.60. The highest BCUT2D eigenvalue weighted by atomic mass is 32.2. The van der Waals surface area contributed by atoms with Crippen molar-refractivity contribution in [1.82, 2.24) is 4.31 Å². The maximum absolute atomic E-state index is 13.0. The first-order chi connectivity index (χ1) is 9.44. The van der Waals surface area contributed by atoms with Gasteiger partial charge in [0.25, 0.3) is 0 Å². The SMILES string of the molecule is Cc1cc(F)ccc1NS(=O)(=O)N1CCCCC1CN. The summed E-state index contributed by atoms with van der Waals surface area (Å²) < 4.78 is 41.8. The Hall–Kier alpha value is -1.18. The van der Waals surface area contributed by atoms with Crippen LogP contribution in [0.4, 0.5) is 10.1 Å². The Balaban J connectivity index is 2.21. The maximum Gasteiger partial charge on any atom is 0.301 e. The lowest BCUT2D eigenvalue weighted by atomic mass is 10.1. The molecule has 2 rings (SSSR count). The van der Waals surface area contributed by atoms with Crippen LogP contribution in [0, 0.1) is 12.7 Å². The average molecular weight is 301 g/mol. The molecule has 0 radical (unpaired) electrons. The Morgan fingerprint density at radius 3 is 2.85 bits per heavy atom. The summed E-state index contributed by atoms with van der Waals surface area (Å²) in [5.74, 6) is -0.386. The van der Waals surface area contributed by atoms with Crippen LogP contribution >= 0.6 is 0 Å². The van der Waals surface area contributed by atoms with E-state index in [-0.39, 0.29) is 11.9 Å².